The van der Waals surface area contributed by atoms with Crippen LogP contribution in [0.15, 0.2) is 54.6 Å². The highest BCUT2D eigenvalue weighted by atomic mass is 19.4. The van der Waals surface area contributed by atoms with Crippen LogP contribution >= 0.6 is 0 Å². The first kappa shape index (κ1) is 19.3. The Morgan fingerprint density at radius 3 is 1.93 bits per heavy atom. The fourth-order valence-electron chi connectivity index (χ4n) is 3.34. The summed E-state index contributed by atoms with van der Waals surface area (Å²) >= 11 is 0. The van der Waals surface area contributed by atoms with Gasteiger partial charge in [-0.05, 0) is 34.9 Å². The maximum absolute atomic E-state index is 13.5. The highest BCUT2D eigenvalue weighted by Crippen LogP contribution is 2.37. The smallest absolute Gasteiger partial charge is 0.353 e. The van der Waals surface area contributed by atoms with E-state index in [1.54, 1.807) is 36.4 Å². The highest BCUT2D eigenvalue weighted by molar-refractivity contribution is 5.73. The molecule has 0 saturated carbocycles. The largest absolute Gasteiger partial charge is 0.435 e. The van der Waals surface area contributed by atoms with Crippen LogP contribution in [0.1, 0.15) is 5.69 Å². The number of anilines is 1. The summed E-state index contributed by atoms with van der Waals surface area (Å²) in [5.41, 5.74) is 0.946. The predicted octanol–water partition coefficient (Wildman–Crippen LogP) is 4.38. The van der Waals surface area contributed by atoms with Crippen LogP contribution < -0.4 is 10.2 Å². The number of rotatable bonds is 3. The maximum atomic E-state index is 13.5. The molecule has 0 radical (unpaired) electrons. The number of hydrogen-bond donors (Lipinski definition) is 1. The zero-order valence-electron chi connectivity index (χ0n) is 15.4. The van der Waals surface area contributed by atoms with Gasteiger partial charge in [0.05, 0.1) is 0 Å². The number of nitrogens with one attached hydrogen (secondary N) is 1. The average Bonchev–Trinajstić information content (AvgIpc) is 2.74. The summed E-state index contributed by atoms with van der Waals surface area (Å²) in [6, 6.07) is 14.1. The Morgan fingerprint density at radius 2 is 1.34 bits per heavy atom. The van der Waals surface area contributed by atoms with Crippen molar-refractivity contribution in [1.29, 1.82) is 0 Å². The molecule has 0 amide bonds. The monoisotopic (exact) mass is 402 g/mol. The number of hydrogen-bond acceptors (Lipinski definition) is 4. The molecule has 1 aliphatic heterocycles. The van der Waals surface area contributed by atoms with Crippen LogP contribution in [0, 0.1) is 5.82 Å². The molecule has 0 spiro atoms. The van der Waals surface area contributed by atoms with Gasteiger partial charge >= 0.3 is 6.18 Å². The van der Waals surface area contributed by atoms with Gasteiger partial charge in [-0.2, -0.15) is 13.2 Å². The van der Waals surface area contributed by atoms with Crippen molar-refractivity contribution in [3.8, 4) is 22.3 Å². The van der Waals surface area contributed by atoms with Crippen LogP contribution in [-0.2, 0) is 6.18 Å². The quantitative estimate of drug-likeness (QED) is 0.661. The van der Waals surface area contributed by atoms with Crippen LogP contribution in [0.5, 0.6) is 0 Å². The van der Waals surface area contributed by atoms with Crippen molar-refractivity contribution in [2.75, 3.05) is 31.1 Å². The van der Waals surface area contributed by atoms with Gasteiger partial charge in [-0.25, -0.2) is 4.39 Å². The van der Waals surface area contributed by atoms with Crippen molar-refractivity contribution in [3.05, 3.63) is 66.1 Å². The standard InChI is InChI=1S/C21H18F4N4/c22-17-7-5-15(6-8-17)14-1-3-16(4-2-14)18-13-19(29-11-9-26-10-12-29)27-28-20(18)21(23,24)25/h1-8,13,26H,9-12H2. The van der Waals surface area contributed by atoms with Gasteiger partial charge in [0.1, 0.15) is 5.82 Å². The van der Waals surface area contributed by atoms with Crippen LogP contribution in [0.3, 0.4) is 0 Å². The number of alkyl halides is 3. The van der Waals surface area contributed by atoms with Gasteiger partial charge in [-0.15, -0.1) is 10.2 Å². The third-order valence-corrected chi connectivity index (χ3v) is 4.86. The Bertz CT molecular complexity index is 979. The van der Waals surface area contributed by atoms with Crippen molar-refractivity contribution in [1.82, 2.24) is 15.5 Å². The second-order valence-electron chi connectivity index (χ2n) is 6.78. The maximum Gasteiger partial charge on any atom is 0.435 e. The number of piperazine rings is 1. The minimum atomic E-state index is -4.61. The predicted molar refractivity (Wildman–Crippen MR) is 103 cm³/mol. The third-order valence-electron chi connectivity index (χ3n) is 4.86. The summed E-state index contributed by atoms with van der Waals surface area (Å²) in [5, 5.41) is 10.5. The van der Waals surface area contributed by atoms with Crippen LogP contribution in [0.4, 0.5) is 23.4 Å². The molecule has 4 rings (SSSR count). The van der Waals surface area contributed by atoms with Crippen LogP contribution in [-0.4, -0.2) is 36.4 Å². The SMILES string of the molecule is Fc1ccc(-c2ccc(-c3cc(N4CCNCC4)nnc3C(F)(F)F)cc2)cc1. The molecule has 1 aromatic heterocycles. The third kappa shape index (κ3) is 4.22. The first-order valence-corrected chi connectivity index (χ1v) is 9.19. The summed E-state index contributed by atoms with van der Waals surface area (Å²) < 4.78 is 53.7. The van der Waals surface area contributed by atoms with Crippen molar-refractivity contribution < 1.29 is 17.6 Å². The Kier molecular flexibility index (Phi) is 5.19. The van der Waals surface area contributed by atoms with Gasteiger partial charge in [-0.1, -0.05) is 36.4 Å². The summed E-state index contributed by atoms with van der Waals surface area (Å²) in [6.07, 6.45) is -4.61. The molecule has 2 aromatic carbocycles. The van der Waals surface area contributed by atoms with Gasteiger partial charge in [0, 0.05) is 31.7 Å². The second kappa shape index (κ2) is 7.79. The molecule has 0 bridgehead atoms. The summed E-state index contributed by atoms with van der Waals surface area (Å²) in [4.78, 5) is 1.92. The van der Waals surface area contributed by atoms with E-state index in [1.807, 2.05) is 4.90 Å². The normalized spacial score (nSPS) is 14.8. The Labute approximate surface area is 165 Å². The summed E-state index contributed by atoms with van der Waals surface area (Å²) in [6.45, 7) is 2.79. The molecule has 1 N–H and O–H groups in total. The van der Waals surface area contributed by atoms with Crippen molar-refractivity contribution in [2.45, 2.75) is 6.18 Å². The van der Waals surface area contributed by atoms with E-state index in [4.69, 9.17) is 0 Å². The van der Waals surface area contributed by atoms with E-state index < -0.39 is 11.9 Å². The Hall–Kier alpha value is -3.00. The molecule has 0 atom stereocenters. The van der Waals surface area contributed by atoms with E-state index >= 15 is 0 Å². The first-order valence-electron chi connectivity index (χ1n) is 9.19. The van der Waals surface area contributed by atoms with Gasteiger partial charge in [0.25, 0.3) is 0 Å². The second-order valence-corrected chi connectivity index (χ2v) is 6.78. The average molecular weight is 402 g/mol. The topological polar surface area (TPSA) is 41.0 Å². The lowest BCUT2D eigenvalue weighted by molar-refractivity contribution is -0.141. The lowest BCUT2D eigenvalue weighted by Gasteiger charge is -2.28. The van der Waals surface area contributed by atoms with E-state index in [1.165, 1.54) is 18.2 Å². The molecule has 0 unspecified atom stereocenters. The molecule has 8 heteroatoms. The fourth-order valence-corrected chi connectivity index (χ4v) is 3.34. The number of aromatic nitrogens is 2. The summed E-state index contributed by atoms with van der Waals surface area (Å²) in [7, 11) is 0. The fraction of sp³-hybridized carbons (Fsp3) is 0.238. The molecule has 1 saturated heterocycles. The van der Waals surface area contributed by atoms with Gasteiger partial charge < -0.3 is 10.2 Å². The Morgan fingerprint density at radius 1 is 0.793 bits per heavy atom. The number of nitrogens with zero attached hydrogens (tertiary/aromatic N) is 3. The highest BCUT2D eigenvalue weighted by Gasteiger charge is 2.37. The van der Waals surface area contributed by atoms with E-state index in [0.717, 1.165) is 24.2 Å². The molecule has 1 fully saturated rings. The minimum Gasteiger partial charge on any atom is -0.353 e. The molecular weight excluding hydrogens is 384 g/mol. The zero-order chi connectivity index (χ0) is 20.4. The molecule has 2 heterocycles. The van der Waals surface area contributed by atoms with Crippen molar-refractivity contribution in [3.63, 3.8) is 0 Å². The number of benzene rings is 2. The molecule has 4 nitrogen and oxygen atoms in total. The van der Waals surface area contributed by atoms with Gasteiger partial charge in [0.2, 0.25) is 0 Å². The lowest BCUT2D eigenvalue weighted by Crippen LogP contribution is -2.44. The number of halogens is 4. The van der Waals surface area contributed by atoms with E-state index in [9.17, 15) is 17.6 Å². The summed E-state index contributed by atoms with van der Waals surface area (Å²) in [5.74, 6) is 0.0839. The molecule has 3 aromatic rings. The van der Waals surface area contributed by atoms with E-state index in [2.05, 4.69) is 15.5 Å². The van der Waals surface area contributed by atoms with Crippen LogP contribution in [0.2, 0.25) is 0 Å². The molecule has 29 heavy (non-hydrogen) atoms. The van der Waals surface area contributed by atoms with Crippen LogP contribution in [0.25, 0.3) is 22.3 Å². The minimum absolute atomic E-state index is 0.00770. The zero-order valence-corrected chi connectivity index (χ0v) is 15.4. The molecular formula is C21H18F4N4. The van der Waals surface area contributed by atoms with Crippen molar-refractivity contribution >= 4 is 5.82 Å². The van der Waals surface area contributed by atoms with E-state index in [-0.39, 0.29) is 11.4 Å². The molecule has 0 aliphatic carbocycles. The molecule has 150 valence electrons. The van der Waals surface area contributed by atoms with Gasteiger partial charge in [-0.3, -0.25) is 0 Å². The first-order chi connectivity index (χ1) is 13.9. The molecule has 1 aliphatic rings. The van der Waals surface area contributed by atoms with Crippen molar-refractivity contribution in [2.24, 2.45) is 0 Å². The lowest BCUT2D eigenvalue weighted by atomic mass is 9.99. The van der Waals surface area contributed by atoms with E-state index in [0.29, 0.717) is 24.5 Å². The Balaban J connectivity index is 1.72. The van der Waals surface area contributed by atoms with Gasteiger partial charge in [0.15, 0.2) is 11.5 Å².